The van der Waals surface area contributed by atoms with Crippen LogP contribution in [0.5, 0.6) is 0 Å². The maximum atomic E-state index is 2.45. The van der Waals surface area contributed by atoms with E-state index in [-0.39, 0.29) is 32.5 Å². The third kappa shape index (κ3) is 3.01. The van der Waals surface area contributed by atoms with Crippen LogP contribution in [0.3, 0.4) is 0 Å². The molecular formula is C29H30Ti. The zero-order valence-corrected chi connectivity index (χ0v) is 20.2. The molecule has 0 saturated heterocycles. The van der Waals surface area contributed by atoms with E-state index in [1.807, 2.05) is 0 Å². The number of benzene rings is 3. The van der Waals surface area contributed by atoms with E-state index in [1.54, 1.807) is 0 Å². The van der Waals surface area contributed by atoms with Crippen LogP contribution in [0.4, 0.5) is 0 Å². The number of hydrogen-bond donors (Lipinski definition) is 0. The van der Waals surface area contributed by atoms with Gasteiger partial charge in [-0.1, -0.05) is 109 Å². The van der Waals surface area contributed by atoms with Gasteiger partial charge in [-0.2, -0.15) is 0 Å². The Morgan fingerprint density at radius 3 is 1.03 bits per heavy atom. The molecular weight excluding hydrogens is 396 g/mol. The number of hydrogen-bond acceptors (Lipinski definition) is 0. The third-order valence-corrected chi connectivity index (χ3v) is 7.56. The molecule has 1 heteroatoms. The number of allylic oxidation sites excluding steroid dienone is 4. The molecule has 0 N–H and O–H groups in total. The Bertz CT molecular complexity index is 952. The van der Waals surface area contributed by atoms with E-state index in [2.05, 4.69) is 126 Å². The Morgan fingerprint density at radius 1 is 0.500 bits per heavy atom. The molecule has 3 aromatic rings. The predicted molar refractivity (Wildman–Crippen MR) is 124 cm³/mol. The molecule has 0 fully saturated rings. The minimum absolute atomic E-state index is 0. The van der Waals surface area contributed by atoms with Crippen molar-refractivity contribution < 1.29 is 21.7 Å². The quantitative estimate of drug-likeness (QED) is 0.296. The molecule has 0 bridgehead atoms. The molecule has 3 aromatic carbocycles. The van der Waals surface area contributed by atoms with E-state index in [0.717, 1.165) is 0 Å². The van der Waals surface area contributed by atoms with Gasteiger partial charge in [0.2, 0.25) is 0 Å². The first kappa shape index (κ1) is 22.5. The van der Waals surface area contributed by atoms with Crippen LogP contribution in [0, 0.1) is 5.41 Å². The normalized spacial score (nSPS) is 15.9. The van der Waals surface area contributed by atoms with Crippen LogP contribution in [-0.4, -0.2) is 0 Å². The monoisotopic (exact) mass is 426 g/mol. The van der Waals surface area contributed by atoms with Crippen LogP contribution in [0.25, 0.3) is 0 Å². The summed E-state index contributed by atoms with van der Waals surface area (Å²) in [7, 11) is 0. The Balaban J connectivity index is 0.00000256. The summed E-state index contributed by atoms with van der Waals surface area (Å²) in [6, 6.07) is 33.2. The van der Waals surface area contributed by atoms with E-state index < -0.39 is 0 Å². The Labute approximate surface area is 196 Å². The molecule has 0 heterocycles. The van der Waals surface area contributed by atoms with Crippen molar-refractivity contribution in [2.75, 3.05) is 0 Å². The summed E-state index contributed by atoms with van der Waals surface area (Å²) in [5, 5.41) is 0. The summed E-state index contributed by atoms with van der Waals surface area (Å²) < 4.78 is 0. The molecule has 30 heavy (non-hydrogen) atoms. The van der Waals surface area contributed by atoms with Crippen molar-refractivity contribution in [2.45, 2.75) is 40.0 Å². The van der Waals surface area contributed by atoms with Crippen LogP contribution in [0.1, 0.15) is 51.3 Å². The van der Waals surface area contributed by atoms with E-state index in [1.165, 1.54) is 39.0 Å². The maximum Gasteiger partial charge on any atom is 0.0579 e. The van der Waals surface area contributed by atoms with Gasteiger partial charge in [-0.15, -0.1) is 0 Å². The van der Waals surface area contributed by atoms with Crippen molar-refractivity contribution in [3.05, 3.63) is 130 Å². The average Bonchev–Trinajstić information content (AvgIpc) is 2.93. The summed E-state index contributed by atoms with van der Waals surface area (Å²) in [4.78, 5) is 0. The van der Waals surface area contributed by atoms with Crippen molar-refractivity contribution in [3.8, 4) is 0 Å². The fourth-order valence-corrected chi connectivity index (χ4v) is 5.59. The molecule has 0 nitrogen and oxygen atoms in total. The summed E-state index contributed by atoms with van der Waals surface area (Å²) in [5.74, 6) is 0. The third-order valence-electron chi connectivity index (χ3n) is 7.56. The van der Waals surface area contributed by atoms with Gasteiger partial charge in [0.1, 0.15) is 0 Å². The van der Waals surface area contributed by atoms with Crippen molar-refractivity contribution in [1.82, 2.24) is 0 Å². The van der Waals surface area contributed by atoms with Crippen molar-refractivity contribution >= 4 is 0 Å². The van der Waals surface area contributed by atoms with Gasteiger partial charge in [0.15, 0.2) is 0 Å². The van der Waals surface area contributed by atoms with E-state index >= 15 is 0 Å². The van der Waals surface area contributed by atoms with Crippen molar-refractivity contribution in [1.29, 1.82) is 0 Å². The van der Waals surface area contributed by atoms with Crippen LogP contribution < -0.4 is 0 Å². The summed E-state index contributed by atoms with van der Waals surface area (Å²) in [6.45, 7) is 11.7. The second-order valence-electron chi connectivity index (χ2n) is 8.47. The van der Waals surface area contributed by atoms with Crippen molar-refractivity contribution in [3.63, 3.8) is 0 Å². The first-order valence-electron chi connectivity index (χ1n) is 10.5. The molecule has 0 aromatic heterocycles. The SMILES string of the molecule is CC1=C(C)C(C)(C(c2ccccc2)(c2ccccc2)c2ccccc2)C(C)=C1C.[Ti]. The largest absolute Gasteiger partial charge is 0.0622 e. The van der Waals surface area contributed by atoms with E-state index in [4.69, 9.17) is 0 Å². The van der Waals surface area contributed by atoms with Gasteiger partial charge in [0.05, 0.1) is 5.41 Å². The molecule has 0 atom stereocenters. The number of rotatable bonds is 4. The molecule has 0 saturated carbocycles. The molecule has 0 spiro atoms. The van der Waals surface area contributed by atoms with Gasteiger partial charge >= 0.3 is 0 Å². The Kier molecular flexibility index (Phi) is 6.41. The van der Waals surface area contributed by atoms with Gasteiger partial charge in [-0.05, 0) is 55.5 Å². The standard InChI is InChI=1S/C29H30.Ti/c1-21-22(2)24(4)28(5,23(21)3)29(25-15-9-6-10-16-25,26-17-11-7-12-18-26)27-19-13-8-14-20-27;/h6-20H,1-5H3;. The van der Waals surface area contributed by atoms with Crippen LogP contribution >= 0.6 is 0 Å². The Morgan fingerprint density at radius 2 is 0.767 bits per heavy atom. The topological polar surface area (TPSA) is 0 Å². The summed E-state index contributed by atoms with van der Waals surface area (Å²) in [5.41, 5.74) is 9.31. The van der Waals surface area contributed by atoms with Crippen molar-refractivity contribution in [2.24, 2.45) is 5.41 Å². The first-order valence-corrected chi connectivity index (χ1v) is 10.5. The molecule has 150 valence electrons. The van der Waals surface area contributed by atoms with Gasteiger partial charge in [0.25, 0.3) is 0 Å². The van der Waals surface area contributed by atoms with Gasteiger partial charge in [-0.25, -0.2) is 0 Å². The fraction of sp³-hybridized carbons (Fsp3) is 0.241. The molecule has 1 aliphatic carbocycles. The fourth-order valence-electron chi connectivity index (χ4n) is 5.59. The molecule has 4 rings (SSSR count). The van der Waals surface area contributed by atoms with Gasteiger partial charge in [-0.3, -0.25) is 0 Å². The van der Waals surface area contributed by atoms with Gasteiger partial charge in [0, 0.05) is 27.1 Å². The van der Waals surface area contributed by atoms with Gasteiger partial charge < -0.3 is 0 Å². The second kappa shape index (κ2) is 8.54. The smallest absolute Gasteiger partial charge is 0.0579 e. The molecule has 1 aliphatic rings. The molecule has 0 aliphatic heterocycles. The minimum atomic E-state index is -0.316. The second-order valence-corrected chi connectivity index (χ2v) is 8.47. The first-order chi connectivity index (χ1) is 14.0. The summed E-state index contributed by atoms with van der Waals surface area (Å²) in [6.07, 6.45) is 0. The molecule has 0 unspecified atom stereocenters. The summed E-state index contributed by atoms with van der Waals surface area (Å²) >= 11 is 0. The molecule has 0 radical (unpaired) electrons. The van der Waals surface area contributed by atoms with Crippen LogP contribution in [0.2, 0.25) is 0 Å². The average molecular weight is 426 g/mol. The minimum Gasteiger partial charge on any atom is -0.0622 e. The Hall–Kier alpha value is -2.15. The van der Waals surface area contributed by atoms with E-state index in [9.17, 15) is 0 Å². The zero-order valence-electron chi connectivity index (χ0n) is 18.7. The zero-order chi connectivity index (χ0) is 20.6. The maximum absolute atomic E-state index is 2.45. The predicted octanol–water partition coefficient (Wildman–Crippen LogP) is 7.71. The van der Waals surface area contributed by atoms with E-state index in [0.29, 0.717) is 0 Å². The van der Waals surface area contributed by atoms with Crippen LogP contribution in [-0.2, 0) is 27.1 Å². The van der Waals surface area contributed by atoms with Crippen LogP contribution in [0.15, 0.2) is 113 Å². The molecule has 0 amide bonds.